The summed E-state index contributed by atoms with van der Waals surface area (Å²) in [4.78, 5) is 22.5. The molecule has 0 saturated heterocycles. The number of halogens is 1. The summed E-state index contributed by atoms with van der Waals surface area (Å²) in [6.07, 6.45) is -0.125. The maximum Gasteiger partial charge on any atom is 0.279 e. The summed E-state index contributed by atoms with van der Waals surface area (Å²) < 4.78 is 11.2. The molecular weight excluding hydrogens is 291 g/mol. The van der Waals surface area contributed by atoms with Crippen molar-refractivity contribution >= 4 is 24.9 Å². The number of rotatable bonds is 5. The summed E-state index contributed by atoms with van der Waals surface area (Å²) in [6, 6.07) is 6.33. The molecule has 0 aliphatic rings. The lowest BCUT2D eigenvalue weighted by atomic mass is 10.2. The summed E-state index contributed by atoms with van der Waals surface area (Å²) in [5, 5.41) is 10.4. The summed E-state index contributed by atoms with van der Waals surface area (Å²) in [6.45, 7) is 1.02. The van der Waals surface area contributed by atoms with Gasteiger partial charge < -0.3 is 4.89 Å². The molecule has 0 heterocycles. The average molecular weight is 307 g/mol. The van der Waals surface area contributed by atoms with Crippen molar-refractivity contribution in [2.24, 2.45) is 0 Å². The molecule has 1 rings (SSSR count). The maximum atomic E-state index is 11.9. The Balaban J connectivity index is 2.69. The third-order valence-electron chi connectivity index (χ3n) is 2.22. The van der Waals surface area contributed by atoms with Gasteiger partial charge in [0.1, 0.15) is 6.67 Å². The Bertz CT molecular complexity index is 505. The Kier molecular flexibility index (Phi) is 5.52. The van der Waals surface area contributed by atoms with E-state index in [1.54, 1.807) is 18.2 Å². The Morgan fingerprint density at radius 3 is 2.53 bits per heavy atom. The van der Waals surface area contributed by atoms with Crippen molar-refractivity contribution in [1.82, 2.24) is 9.96 Å². The lowest BCUT2D eigenvalue weighted by Gasteiger charge is -2.23. The van der Waals surface area contributed by atoms with Gasteiger partial charge in [-0.1, -0.05) is 23.7 Å². The van der Waals surface area contributed by atoms with E-state index in [0.717, 1.165) is 0 Å². The minimum atomic E-state index is -3.24. The van der Waals surface area contributed by atoms with Crippen LogP contribution in [0.1, 0.15) is 10.4 Å². The number of hydroxylamine groups is 2. The van der Waals surface area contributed by atoms with Gasteiger partial charge in [0.25, 0.3) is 5.91 Å². The first-order valence-corrected chi connectivity index (χ1v) is 8.11. The molecule has 2 N–H and O–H groups in total. The van der Waals surface area contributed by atoms with Gasteiger partial charge >= 0.3 is 0 Å². The van der Waals surface area contributed by atoms with Crippen LogP contribution in [-0.2, 0) is 4.57 Å². The largest absolute Gasteiger partial charge is 0.344 e. The van der Waals surface area contributed by atoms with E-state index in [9.17, 15) is 19.5 Å². The van der Waals surface area contributed by atoms with Gasteiger partial charge in [0.05, 0.1) is 16.9 Å². The Labute approximate surface area is 116 Å². The minimum Gasteiger partial charge on any atom is -0.344 e. The zero-order valence-electron chi connectivity index (χ0n) is 10.7. The Morgan fingerprint density at radius 1 is 1.42 bits per heavy atom. The number of carbonyl (C=O) groups is 1. The highest BCUT2D eigenvalue weighted by Gasteiger charge is 2.20. The fourth-order valence-corrected chi connectivity index (χ4v) is 2.76. The first-order valence-electron chi connectivity index (χ1n) is 5.44. The molecule has 6 nitrogen and oxygen atoms in total. The van der Waals surface area contributed by atoms with Crippen molar-refractivity contribution in [3.8, 4) is 0 Å². The number of benzene rings is 1. The smallest absolute Gasteiger partial charge is 0.279 e. The van der Waals surface area contributed by atoms with Crippen LogP contribution in [-0.4, -0.2) is 52.6 Å². The highest BCUT2D eigenvalue weighted by molar-refractivity contribution is 7.57. The van der Waals surface area contributed by atoms with E-state index >= 15 is 0 Å². The summed E-state index contributed by atoms with van der Waals surface area (Å²) >= 11 is 5.85. The van der Waals surface area contributed by atoms with E-state index in [2.05, 4.69) is 0 Å². The second-order valence-electron chi connectivity index (χ2n) is 4.37. The van der Waals surface area contributed by atoms with E-state index in [0.29, 0.717) is 5.06 Å². The topological polar surface area (TPSA) is 81.1 Å². The quantitative estimate of drug-likeness (QED) is 0.376. The van der Waals surface area contributed by atoms with Crippen molar-refractivity contribution in [3.05, 3.63) is 34.9 Å². The lowest BCUT2D eigenvalue weighted by molar-refractivity contribution is -0.0828. The first-order chi connectivity index (χ1) is 8.70. The number of nitrogens with zero attached hydrogens (tertiary/aromatic N) is 2. The third-order valence-corrected chi connectivity index (χ3v) is 3.56. The molecule has 8 heteroatoms. The van der Waals surface area contributed by atoms with Crippen LogP contribution in [0.5, 0.6) is 0 Å². The van der Waals surface area contributed by atoms with E-state index in [4.69, 9.17) is 11.6 Å². The van der Waals surface area contributed by atoms with Crippen molar-refractivity contribution < 1.29 is 19.5 Å². The highest BCUT2D eigenvalue weighted by atomic mass is 35.5. The van der Waals surface area contributed by atoms with Crippen molar-refractivity contribution in [2.75, 3.05) is 26.7 Å². The summed E-state index contributed by atoms with van der Waals surface area (Å²) in [5.41, 5.74) is 0.170. The van der Waals surface area contributed by atoms with E-state index in [1.165, 1.54) is 24.7 Å². The Morgan fingerprint density at radius 2 is 2.00 bits per heavy atom. The van der Waals surface area contributed by atoms with Crippen LogP contribution in [0.15, 0.2) is 24.3 Å². The molecule has 0 aliphatic heterocycles. The summed E-state index contributed by atoms with van der Waals surface area (Å²) in [5.74, 6) is -0.665. The molecule has 0 fully saturated rings. The van der Waals surface area contributed by atoms with E-state index in [1.807, 2.05) is 0 Å². The van der Waals surface area contributed by atoms with E-state index < -0.39 is 13.3 Å². The molecule has 1 atom stereocenters. The standard InChI is InChI=1S/C11H16ClN2O4P/c1-13(8-19(2,17)18)7-14(16)11(15)9-5-3-4-6-10(9)12/h3-6,16H,7-8H2,1-2H3,(H,17,18). The van der Waals surface area contributed by atoms with Gasteiger partial charge in [-0.05, 0) is 19.2 Å². The fraction of sp³-hybridized carbons (Fsp3) is 0.364. The van der Waals surface area contributed by atoms with Gasteiger partial charge in [0, 0.05) is 6.66 Å². The van der Waals surface area contributed by atoms with Crippen LogP contribution in [0.4, 0.5) is 0 Å². The molecule has 0 aliphatic carbocycles. The number of hydrogen-bond donors (Lipinski definition) is 2. The normalized spacial score (nSPS) is 14.2. The highest BCUT2D eigenvalue weighted by Crippen LogP contribution is 2.35. The van der Waals surface area contributed by atoms with Gasteiger partial charge in [-0.15, -0.1) is 0 Å². The second kappa shape index (κ2) is 6.50. The molecule has 106 valence electrons. The molecule has 1 aromatic carbocycles. The van der Waals surface area contributed by atoms with Crippen molar-refractivity contribution in [3.63, 3.8) is 0 Å². The predicted octanol–water partition coefficient (Wildman–Crippen LogP) is 1.92. The van der Waals surface area contributed by atoms with Crippen LogP contribution in [0.25, 0.3) is 0 Å². The summed E-state index contributed by atoms with van der Waals surface area (Å²) in [7, 11) is -1.72. The van der Waals surface area contributed by atoms with Gasteiger partial charge in [0.15, 0.2) is 0 Å². The van der Waals surface area contributed by atoms with Crippen LogP contribution >= 0.6 is 19.0 Å². The molecule has 1 unspecified atom stereocenters. The molecule has 0 bridgehead atoms. The van der Waals surface area contributed by atoms with Crippen LogP contribution in [0.3, 0.4) is 0 Å². The second-order valence-corrected chi connectivity index (χ2v) is 7.17. The molecule has 0 saturated carbocycles. The van der Waals surface area contributed by atoms with Gasteiger partial charge in [-0.3, -0.25) is 19.5 Å². The molecule has 0 radical (unpaired) electrons. The third kappa shape index (κ3) is 5.30. The fourth-order valence-electron chi connectivity index (χ4n) is 1.56. The number of hydrogen-bond acceptors (Lipinski definition) is 4. The number of carbonyl (C=O) groups excluding carboxylic acids is 1. The first kappa shape index (κ1) is 16.1. The predicted molar refractivity (Wildman–Crippen MR) is 72.7 cm³/mol. The van der Waals surface area contributed by atoms with Gasteiger partial charge in [-0.25, -0.2) is 5.06 Å². The molecule has 0 aromatic heterocycles. The van der Waals surface area contributed by atoms with E-state index in [-0.39, 0.29) is 23.5 Å². The molecule has 1 aromatic rings. The van der Waals surface area contributed by atoms with Crippen molar-refractivity contribution in [2.45, 2.75) is 0 Å². The van der Waals surface area contributed by atoms with Crippen LogP contribution in [0, 0.1) is 0 Å². The molecular formula is C11H16ClN2O4P. The maximum absolute atomic E-state index is 11.9. The van der Waals surface area contributed by atoms with Gasteiger partial charge in [-0.2, -0.15) is 0 Å². The zero-order chi connectivity index (χ0) is 14.6. The Hall–Kier alpha value is -0.910. The lowest BCUT2D eigenvalue weighted by Crippen LogP contribution is -2.38. The van der Waals surface area contributed by atoms with Crippen LogP contribution in [0.2, 0.25) is 5.02 Å². The minimum absolute atomic E-state index is 0.125. The zero-order valence-corrected chi connectivity index (χ0v) is 12.3. The van der Waals surface area contributed by atoms with Crippen molar-refractivity contribution in [1.29, 1.82) is 0 Å². The molecule has 0 spiro atoms. The molecule has 19 heavy (non-hydrogen) atoms. The SMILES string of the molecule is CN(CN(O)C(=O)c1ccccc1Cl)CP(C)(=O)O. The number of amides is 1. The van der Waals surface area contributed by atoms with Gasteiger partial charge in [0.2, 0.25) is 7.37 Å². The average Bonchev–Trinajstić information content (AvgIpc) is 2.26. The monoisotopic (exact) mass is 306 g/mol. The molecule has 1 amide bonds. The van der Waals surface area contributed by atoms with Crippen LogP contribution < -0.4 is 0 Å².